The van der Waals surface area contributed by atoms with Gasteiger partial charge in [0.1, 0.15) is 11.6 Å². The molecule has 0 aliphatic heterocycles. The van der Waals surface area contributed by atoms with Gasteiger partial charge in [-0.3, -0.25) is 4.79 Å². The van der Waals surface area contributed by atoms with E-state index in [1.54, 1.807) is 20.8 Å². The zero-order valence-electron chi connectivity index (χ0n) is 9.59. The van der Waals surface area contributed by atoms with Crippen LogP contribution in [0.15, 0.2) is 0 Å². The van der Waals surface area contributed by atoms with Crippen molar-refractivity contribution in [3.8, 4) is 12.3 Å². The van der Waals surface area contributed by atoms with E-state index in [1.807, 2.05) is 0 Å². The third-order valence-corrected chi connectivity index (χ3v) is 1.50. The number of amides is 1. The molecule has 0 aromatic heterocycles. The Labute approximate surface area is 90.4 Å². The van der Waals surface area contributed by atoms with Crippen LogP contribution in [-0.4, -0.2) is 23.5 Å². The Bertz CT molecular complexity index is 283. The van der Waals surface area contributed by atoms with Gasteiger partial charge in [0.05, 0.1) is 0 Å². The van der Waals surface area contributed by atoms with Crippen LogP contribution in [-0.2, 0) is 9.53 Å². The third kappa shape index (κ3) is 6.55. The molecule has 0 bridgehead atoms. The van der Waals surface area contributed by atoms with E-state index < -0.39 is 17.7 Å². The van der Waals surface area contributed by atoms with E-state index >= 15 is 0 Å². The summed E-state index contributed by atoms with van der Waals surface area (Å²) in [7, 11) is 0. The number of Topliss-reactive ketones (excluding diaryl/α,β-unsaturated/α-hetero) is 1. The summed E-state index contributed by atoms with van der Waals surface area (Å²) in [5, 5.41) is 2.42. The lowest BCUT2D eigenvalue weighted by Crippen LogP contribution is -2.42. The highest BCUT2D eigenvalue weighted by Crippen LogP contribution is 2.07. The third-order valence-electron chi connectivity index (χ3n) is 1.50. The quantitative estimate of drug-likeness (QED) is 0.719. The minimum Gasteiger partial charge on any atom is -0.444 e. The van der Waals surface area contributed by atoms with Gasteiger partial charge >= 0.3 is 6.09 Å². The van der Waals surface area contributed by atoms with Crippen LogP contribution >= 0.6 is 0 Å². The zero-order chi connectivity index (χ0) is 12.1. The molecule has 0 aromatic rings. The molecule has 0 radical (unpaired) electrons. The highest BCUT2D eigenvalue weighted by molar-refractivity contribution is 5.85. The van der Waals surface area contributed by atoms with Crippen LogP contribution in [0.3, 0.4) is 0 Å². The van der Waals surface area contributed by atoms with Gasteiger partial charge in [0.2, 0.25) is 0 Å². The Morgan fingerprint density at radius 1 is 1.47 bits per heavy atom. The van der Waals surface area contributed by atoms with Crippen molar-refractivity contribution in [3.63, 3.8) is 0 Å². The Hall–Kier alpha value is -1.50. The van der Waals surface area contributed by atoms with Gasteiger partial charge in [0, 0.05) is 6.42 Å². The van der Waals surface area contributed by atoms with Crippen molar-refractivity contribution in [3.05, 3.63) is 0 Å². The number of hydrogen-bond acceptors (Lipinski definition) is 3. The molecular weight excluding hydrogens is 194 g/mol. The fourth-order valence-corrected chi connectivity index (χ4v) is 0.864. The number of carbonyl (C=O) groups excluding carboxylic acids is 2. The van der Waals surface area contributed by atoms with Crippen molar-refractivity contribution < 1.29 is 14.3 Å². The standard InChI is InChI=1S/C11H17NO3/c1-6-7-9(8(2)13)12-10(14)15-11(3,4)5/h1,9H,7H2,2-5H3,(H,12,14)/t9-/m0/s1. The average molecular weight is 211 g/mol. The number of carbonyl (C=O) groups is 2. The van der Waals surface area contributed by atoms with Crippen LogP contribution in [0, 0.1) is 12.3 Å². The van der Waals surface area contributed by atoms with Crippen LogP contribution in [0.25, 0.3) is 0 Å². The van der Waals surface area contributed by atoms with Gasteiger partial charge in [-0.2, -0.15) is 0 Å². The smallest absolute Gasteiger partial charge is 0.408 e. The fourth-order valence-electron chi connectivity index (χ4n) is 0.864. The molecule has 84 valence electrons. The zero-order valence-corrected chi connectivity index (χ0v) is 9.59. The lowest BCUT2D eigenvalue weighted by atomic mass is 10.1. The van der Waals surface area contributed by atoms with Gasteiger partial charge in [-0.15, -0.1) is 12.3 Å². The van der Waals surface area contributed by atoms with E-state index in [2.05, 4.69) is 11.2 Å². The van der Waals surface area contributed by atoms with Gasteiger partial charge in [0.15, 0.2) is 5.78 Å². The molecule has 0 spiro atoms. The van der Waals surface area contributed by atoms with Crippen LogP contribution in [0.5, 0.6) is 0 Å². The SMILES string of the molecule is C#CC[C@H](NC(=O)OC(C)(C)C)C(C)=O. The molecule has 4 heteroatoms. The summed E-state index contributed by atoms with van der Waals surface area (Å²) < 4.78 is 4.99. The molecule has 0 unspecified atom stereocenters. The first kappa shape index (κ1) is 13.5. The van der Waals surface area contributed by atoms with Gasteiger partial charge in [0.25, 0.3) is 0 Å². The van der Waals surface area contributed by atoms with Crippen molar-refractivity contribution in [1.29, 1.82) is 0 Å². The van der Waals surface area contributed by atoms with Crippen LogP contribution in [0.2, 0.25) is 0 Å². The number of ether oxygens (including phenoxy) is 1. The van der Waals surface area contributed by atoms with E-state index in [1.165, 1.54) is 6.92 Å². The summed E-state index contributed by atoms with van der Waals surface area (Å²) in [6.07, 6.45) is 4.62. The highest BCUT2D eigenvalue weighted by Gasteiger charge is 2.21. The minimum atomic E-state index is -0.662. The number of terminal acetylenes is 1. The maximum absolute atomic E-state index is 11.3. The van der Waals surface area contributed by atoms with Crippen molar-refractivity contribution in [2.24, 2.45) is 0 Å². The summed E-state index contributed by atoms with van der Waals surface area (Å²) in [6.45, 7) is 6.61. The predicted octanol–water partition coefficient (Wildman–Crippen LogP) is 1.49. The summed E-state index contributed by atoms with van der Waals surface area (Å²) in [5.74, 6) is 2.14. The molecule has 0 saturated carbocycles. The second-order valence-corrected chi connectivity index (χ2v) is 4.22. The van der Waals surface area contributed by atoms with E-state index in [4.69, 9.17) is 11.2 Å². The lowest BCUT2D eigenvalue weighted by molar-refractivity contribution is -0.118. The maximum atomic E-state index is 11.3. The molecule has 1 atom stereocenters. The Balaban J connectivity index is 4.25. The van der Waals surface area contributed by atoms with Gasteiger partial charge in [-0.1, -0.05) is 0 Å². The molecule has 0 rings (SSSR count). The molecule has 0 saturated heterocycles. The number of rotatable bonds is 3. The van der Waals surface area contributed by atoms with Gasteiger partial charge in [-0.05, 0) is 27.7 Å². The van der Waals surface area contributed by atoms with Crippen LogP contribution in [0.1, 0.15) is 34.1 Å². The molecule has 0 aromatic carbocycles. The second kappa shape index (κ2) is 5.40. The molecule has 0 heterocycles. The topological polar surface area (TPSA) is 55.4 Å². The van der Waals surface area contributed by atoms with Crippen molar-refractivity contribution in [2.75, 3.05) is 0 Å². The first-order valence-corrected chi connectivity index (χ1v) is 4.69. The van der Waals surface area contributed by atoms with Crippen LogP contribution < -0.4 is 5.32 Å². The molecule has 0 aliphatic rings. The Morgan fingerprint density at radius 3 is 2.33 bits per heavy atom. The largest absolute Gasteiger partial charge is 0.444 e. The van der Waals surface area contributed by atoms with Gasteiger partial charge in [-0.25, -0.2) is 4.79 Å². The Kier molecular flexibility index (Phi) is 4.86. The fraction of sp³-hybridized carbons (Fsp3) is 0.636. The summed E-state index contributed by atoms with van der Waals surface area (Å²) in [5.41, 5.74) is -0.582. The maximum Gasteiger partial charge on any atom is 0.408 e. The van der Waals surface area contributed by atoms with E-state index in [0.717, 1.165) is 0 Å². The Morgan fingerprint density at radius 2 is 2.00 bits per heavy atom. The summed E-state index contributed by atoms with van der Waals surface area (Å²) in [4.78, 5) is 22.4. The number of nitrogens with one attached hydrogen (secondary N) is 1. The molecular formula is C11H17NO3. The highest BCUT2D eigenvalue weighted by atomic mass is 16.6. The first-order chi connectivity index (χ1) is 6.76. The molecule has 1 amide bonds. The van der Waals surface area contributed by atoms with Crippen LogP contribution in [0.4, 0.5) is 4.79 Å². The first-order valence-electron chi connectivity index (χ1n) is 4.69. The molecule has 0 fully saturated rings. The number of hydrogen-bond donors (Lipinski definition) is 1. The van der Waals surface area contributed by atoms with Crippen molar-refractivity contribution >= 4 is 11.9 Å². The lowest BCUT2D eigenvalue weighted by Gasteiger charge is -2.21. The minimum absolute atomic E-state index is 0.175. The number of alkyl carbamates (subject to hydrolysis) is 1. The normalized spacial score (nSPS) is 12.5. The molecule has 1 N–H and O–H groups in total. The molecule has 0 aliphatic carbocycles. The average Bonchev–Trinajstić information content (AvgIpc) is 1.99. The van der Waals surface area contributed by atoms with Crippen molar-refractivity contribution in [1.82, 2.24) is 5.32 Å². The van der Waals surface area contributed by atoms with E-state index in [-0.39, 0.29) is 12.2 Å². The summed E-state index contributed by atoms with van der Waals surface area (Å²) in [6, 6.07) is -0.662. The van der Waals surface area contributed by atoms with Gasteiger partial charge < -0.3 is 10.1 Å². The molecule has 4 nitrogen and oxygen atoms in total. The van der Waals surface area contributed by atoms with E-state index in [9.17, 15) is 9.59 Å². The van der Waals surface area contributed by atoms with Crippen molar-refractivity contribution in [2.45, 2.75) is 45.8 Å². The second-order valence-electron chi connectivity index (χ2n) is 4.22. The number of ketones is 1. The van der Waals surface area contributed by atoms with E-state index in [0.29, 0.717) is 0 Å². The predicted molar refractivity (Wildman–Crippen MR) is 57.3 cm³/mol. The monoisotopic (exact) mass is 211 g/mol. The summed E-state index contributed by atoms with van der Waals surface area (Å²) >= 11 is 0. The molecule has 15 heavy (non-hydrogen) atoms.